The van der Waals surface area contributed by atoms with E-state index in [9.17, 15) is 0 Å². The summed E-state index contributed by atoms with van der Waals surface area (Å²) in [6.45, 7) is 1.81. The molecule has 1 rings (SSSR count). The van der Waals surface area contributed by atoms with E-state index in [1.807, 2.05) is 36.2 Å². The van der Waals surface area contributed by atoms with Crippen LogP contribution in [0, 0.1) is 0 Å². The van der Waals surface area contributed by atoms with E-state index in [4.69, 9.17) is 0 Å². The first kappa shape index (κ1) is 18.5. The topological polar surface area (TPSA) is 49.3 Å². The highest BCUT2D eigenvalue weighted by Gasteiger charge is 1.97. The molecule has 0 aliphatic heterocycles. The van der Waals surface area contributed by atoms with Gasteiger partial charge < -0.3 is 10.6 Å². The third-order valence-electron chi connectivity index (χ3n) is 2.44. The Labute approximate surface area is 137 Å². The molecule has 108 valence electrons. The van der Waals surface area contributed by atoms with Gasteiger partial charge in [0.15, 0.2) is 5.96 Å². The maximum atomic E-state index is 4.28. The molecule has 0 saturated carbocycles. The van der Waals surface area contributed by atoms with Crippen LogP contribution in [0.15, 0.2) is 29.4 Å². The van der Waals surface area contributed by atoms with Crippen LogP contribution in [0.4, 0.5) is 0 Å². The van der Waals surface area contributed by atoms with Crippen molar-refractivity contribution in [2.75, 3.05) is 32.1 Å². The van der Waals surface area contributed by atoms with Gasteiger partial charge >= 0.3 is 0 Å². The van der Waals surface area contributed by atoms with Gasteiger partial charge in [-0.25, -0.2) is 0 Å². The second kappa shape index (κ2) is 12.5. The van der Waals surface area contributed by atoms with Gasteiger partial charge in [-0.15, -0.1) is 24.0 Å². The molecule has 0 aliphatic rings. The maximum absolute atomic E-state index is 4.28. The van der Waals surface area contributed by atoms with Gasteiger partial charge in [-0.2, -0.15) is 11.8 Å². The Morgan fingerprint density at radius 3 is 2.74 bits per heavy atom. The first-order valence-electron chi connectivity index (χ1n) is 6.20. The van der Waals surface area contributed by atoms with Gasteiger partial charge in [-0.05, 0) is 30.6 Å². The van der Waals surface area contributed by atoms with Crippen LogP contribution >= 0.6 is 35.7 Å². The number of thioether (sulfide) groups is 1. The highest BCUT2D eigenvalue weighted by molar-refractivity contribution is 14.0. The molecule has 2 N–H and O–H groups in total. The van der Waals surface area contributed by atoms with Crippen molar-refractivity contribution in [1.82, 2.24) is 15.6 Å². The maximum Gasteiger partial charge on any atom is 0.190 e. The van der Waals surface area contributed by atoms with E-state index in [-0.39, 0.29) is 24.0 Å². The van der Waals surface area contributed by atoms with Crippen molar-refractivity contribution < 1.29 is 0 Å². The minimum Gasteiger partial charge on any atom is -0.356 e. The number of hydrogen-bond acceptors (Lipinski definition) is 3. The van der Waals surface area contributed by atoms with Gasteiger partial charge in [0.05, 0.1) is 0 Å². The minimum atomic E-state index is 0. The fourth-order valence-corrected chi connectivity index (χ4v) is 1.93. The summed E-state index contributed by atoms with van der Waals surface area (Å²) < 4.78 is 0. The van der Waals surface area contributed by atoms with Crippen LogP contribution in [0.2, 0.25) is 0 Å². The number of guanidine groups is 1. The van der Waals surface area contributed by atoms with Gasteiger partial charge in [-0.1, -0.05) is 6.07 Å². The fraction of sp³-hybridized carbons (Fsp3) is 0.538. The number of nitrogens with one attached hydrogen (secondary N) is 2. The van der Waals surface area contributed by atoms with Crippen LogP contribution in [-0.2, 0) is 6.42 Å². The second-order valence-corrected chi connectivity index (χ2v) is 4.83. The van der Waals surface area contributed by atoms with E-state index in [0.29, 0.717) is 0 Å². The number of nitrogens with zero attached hydrogens (tertiary/aromatic N) is 2. The molecular formula is C13H23IN4S. The third-order valence-corrected chi connectivity index (χ3v) is 3.14. The lowest BCUT2D eigenvalue weighted by Crippen LogP contribution is -2.38. The van der Waals surface area contributed by atoms with Crippen molar-refractivity contribution in [1.29, 1.82) is 0 Å². The normalized spacial score (nSPS) is 10.7. The van der Waals surface area contributed by atoms with Crippen molar-refractivity contribution in [3.8, 4) is 0 Å². The smallest absolute Gasteiger partial charge is 0.190 e. The van der Waals surface area contributed by atoms with Crippen LogP contribution in [0.25, 0.3) is 0 Å². The van der Waals surface area contributed by atoms with Gasteiger partial charge in [0.25, 0.3) is 0 Å². The molecular weight excluding hydrogens is 371 g/mol. The molecule has 0 spiro atoms. The molecule has 0 bridgehead atoms. The van der Waals surface area contributed by atoms with Gasteiger partial charge in [0.2, 0.25) is 0 Å². The highest BCUT2D eigenvalue weighted by Crippen LogP contribution is 1.94. The summed E-state index contributed by atoms with van der Waals surface area (Å²) in [6.07, 6.45) is 6.01. The van der Waals surface area contributed by atoms with Crippen LogP contribution in [0.3, 0.4) is 0 Å². The summed E-state index contributed by atoms with van der Waals surface area (Å²) in [5.41, 5.74) is 1.10. The van der Waals surface area contributed by atoms with E-state index < -0.39 is 0 Å². The predicted octanol–water partition coefficient (Wildman–Crippen LogP) is 2.16. The lowest BCUT2D eigenvalue weighted by Gasteiger charge is -2.11. The SMILES string of the molecule is CN=C(NCCCSC)NCCc1ccccn1.I. The van der Waals surface area contributed by atoms with E-state index in [0.717, 1.165) is 37.6 Å². The Hall–Kier alpha value is -0.500. The zero-order valence-electron chi connectivity index (χ0n) is 11.6. The van der Waals surface area contributed by atoms with Gasteiger partial charge in [-0.3, -0.25) is 9.98 Å². The summed E-state index contributed by atoms with van der Waals surface area (Å²) in [6, 6.07) is 5.98. The summed E-state index contributed by atoms with van der Waals surface area (Å²) >= 11 is 1.87. The molecule has 6 heteroatoms. The van der Waals surface area contributed by atoms with E-state index >= 15 is 0 Å². The molecule has 1 heterocycles. The number of aromatic nitrogens is 1. The molecule has 0 radical (unpaired) electrons. The van der Waals surface area contributed by atoms with Crippen molar-refractivity contribution in [3.63, 3.8) is 0 Å². The number of rotatable bonds is 7. The molecule has 1 aromatic heterocycles. The molecule has 0 aliphatic carbocycles. The lowest BCUT2D eigenvalue weighted by atomic mass is 10.3. The fourth-order valence-electron chi connectivity index (χ4n) is 1.50. The van der Waals surface area contributed by atoms with Gasteiger partial charge in [0.1, 0.15) is 0 Å². The minimum absolute atomic E-state index is 0. The average molecular weight is 394 g/mol. The highest BCUT2D eigenvalue weighted by atomic mass is 127. The average Bonchev–Trinajstić information content (AvgIpc) is 2.42. The molecule has 0 atom stereocenters. The Morgan fingerprint density at radius 1 is 1.32 bits per heavy atom. The van der Waals surface area contributed by atoms with Crippen molar-refractivity contribution in [3.05, 3.63) is 30.1 Å². The second-order valence-electron chi connectivity index (χ2n) is 3.84. The lowest BCUT2D eigenvalue weighted by molar-refractivity contribution is 0.770. The molecule has 0 amide bonds. The summed E-state index contributed by atoms with van der Waals surface area (Å²) in [7, 11) is 1.80. The summed E-state index contributed by atoms with van der Waals surface area (Å²) in [4.78, 5) is 8.47. The third kappa shape index (κ3) is 9.10. The Balaban J connectivity index is 0.00000324. The first-order valence-corrected chi connectivity index (χ1v) is 7.59. The summed E-state index contributed by atoms with van der Waals surface area (Å²) in [5, 5.41) is 6.58. The molecule has 0 saturated heterocycles. The molecule has 0 fully saturated rings. The zero-order chi connectivity index (χ0) is 13.1. The number of aliphatic imine (C=N–C) groups is 1. The predicted molar refractivity (Wildman–Crippen MR) is 95.7 cm³/mol. The number of halogens is 1. The standard InChI is InChI=1S/C13H22N4S.HI/c1-14-13(16-9-5-11-18-2)17-10-7-12-6-3-4-8-15-12;/h3-4,6,8H,5,7,9-11H2,1-2H3,(H2,14,16,17);1H. The van der Waals surface area contributed by atoms with E-state index in [2.05, 4.69) is 26.9 Å². The first-order chi connectivity index (χ1) is 8.86. The van der Waals surface area contributed by atoms with Crippen LogP contribution in [0.1, 0.15) is 12.1 Å². The molecule has 0 aromatic carbocycles. The number of pyridine rings is 1. The Kier molecular flexibility index (Phi) is 12.2. The Bertz CT molecular complexity index is 346. The van der Waals surface area contributed by atoms with Gasteiger partial charge in [0, 0.05) is 38.4 Å². The van der Waals surface area contributed by atoms with Crippen LogP contribution in [-0.4, -0.2) is 43.1 Å². The molecule has 0 unspecified atom stereocenters. The zero-order valence-corrected chi connectivity index (χ0v) is 14.7. The Morgan fingerprint density at radius 2 is 2.11 bits per heavy atom. The van der Waals surface area contributed by atoms with E-state index in [1.165, 1.54) is 5.75 Å². The van der Waals surface area contributed by atoms with Crippen molar-refractivity contribution >= 4 is 41.7 Å². The largest absolute Gasteiger partial charge is 0.356 e. The van der Waals surface area contributed by atoms with Crippen molar-refractivity contribution in [2.24, 2.45) is 4.99 Å². The molecule has 1 aromatic rings. The quantitative estimate of drug-likeness (QED) is 0.322. The van der Waals surface area contributed by atoms with E-state index in [1.54, 1.807) is 7.05 Å². The van der Waals surface area contributed by atoms with Crippen molar-refractivity contribution in [2.45, 2.75) is 12.8 Å². The number of hydrogen-bond donors (Lipinski definition) is 2. The summed E-state index contributed by atoms with van der Waals surface area (Å²) in [5.74, 6) is 2.05. The van der Waals surface area contributed by atoms with Crippen LogP contribution < -0.4 is 10.6 Å². The molecule has 4 nitrogen and oxygen atoms in total. The molecule has 19 heavy (non-hydrogen) atoms. The van der Waals surface area contributed by atoms with Crippen LogP contribution in [0.5, 0.6) is 0 Å². The monoisotopic (exact) mass is 394 g/mol.